The fraction of sp³-hybridized carbons (Fsp3) is 0.900. The van der Waals surface area contributed by atoms with Crippen LogP contribution in [0.1, 0.15) is 39.0 Å². The monoisotopic (exact) mass is 233 g/mol. The molecule has 0 N–H and O–H groups in total. The Kier molecular flexibility index (Phi) is 4.28. The first-order chi connectivity index (χ1) is 6.96. The summed E-state index contributed by atoms with van der Waals surface area (Å²) in [6.07, 6.45) is 6.93. The lowest BCUT2D eigenvalue weighted by molar-refractivity contribution is -0.111. The predicted molar refractivity (Wildman–Crippen MR) is 59.1 cm³/mol. The third-order valence-corrected chi connectivity index (χ3v) is 4.31. The smallest absolute Gasteiger partial charge is 0.212 e. The highest BCUT2D eigenvalue weighted by Gasteiger charge is 2.31. The van der Waals surface area contributed by atoms with Crippen molar-refractivity contribution < 1.29 is 13.2 Å². The minimum Gasteiger partial charge on any atom is -0.302 e. The molecule has 0 aromatic heterocycles. The largest absolute Gasteiger partial charge is 0.302 e. The van der Waals surface area contributed by atoms with Gasteiger partial charge < -0.3 is 4.79 Å². The Morgan fingerprint density at radius 2 is 1.80 bits per heavy atom. The zero-order valence-corrected chi connectivity index (χ0v) is 10.2. The summed E-state index contributed by atoms with van der Waals surface area (Å²) in [5.74, 6) is 0. The first kappa shape index (κ1) is 12.6. The van der Waals surface area contributed by atoms with Crippen LogP contribution in [0.2, 0.25) is 0 Å². The number of hydrogen-bond acceptors (Lipinski definition) is 3. The van der Waals surface area contributed by atoms with E-state index in [1.54, 1.807) is 6.92 Å². The molecule has 15 heavy (non-hydrogen) atoms. The van der Waals surface area contributed by atoms with Crippen molar-refractivity contribution in [2.75, 3.05) is 6.26 Å². The van der Waals surface area contributed by atoms with Crippen LogP contribution in [0.3, 0.4) is 0 Å². The van der Waals surface area contributed by atoms with Gasteiger partial charge >= 0.3 is 0 Å². The van der Waals surface area contributed by atoms with E-state index in [-0.39, 0.29) is 6.04 Å². The second kappa shape index (κ2) is 5.07. The molecule has 0 radical (unpaired) electrons. The molecule has 0 spiro atoms. The van der Waals surface area contributed by atoms with Crippen molar-refractivity contribution in [1.29, 1.82) is 0 Å². The van der Waals surface area contributed by atoms with Gasteiger partial charge in [-0.05, 0) is 19.8 Å². The maximum Gasteiger partial charge on any atom is 0.212 e. The average Bonchev–Trinajstić information content (AvgIpc) is 2.17. The molecule has 1 fully saturated rings. The molecule has 0 heterocycles. The lowest BCUT2D eigenvalue weighted by Gasteiger charge is -2.34. The quantitative estimate of drug-likeness (QED) is 0.685. The van der Waals surface area contributed by atoms with Crippen LogP contribution in [0.4, 0.5) is 0 Å². The van der Waals surface area contributed by atoms with Gasteiger partial charge in [-0.25, -0.2) is 8.42 Å². The van der Waals surface area contributed by atoms with E-state index >= 15 is 0 Å². The van der Waals surface area contributed by atoms with Gasteiger partial charge in [0.05, 0.1) is 12.3 Å². The molecular formula is C10H19NO3S. The van der Waals surface area contributed by atoms with Gasteiger partial charge in [-0.2, -0.15) is 4.31 Å². The fourth-order valence-electron chi connectivity index (χ4n) is 2.30. The molecule has 0 aromatic carbocycles. The first-order valence-electron chi connectivity index (χ1n) is 5.40. The van der Waals surface area contributed by atoms with Crippen molar-refractivity contribution in [1.82, 2.24) is 4.31 Å². The molecule has 1 rings (SSSR count). The van der Waals surface area contributed by atoms with Gasteiger partial charge in [0.2, 0.25) is 10.0 Å². The second-order valence-electron chi connectivity index (χ2n) is 4.26. The van der Waals surface area contributed by atoms with Crippen LogP contribution in [0, 0.1) is 0 Å². The number of carbonyl (C=O) groups is 1. The highest BCUT2D eigenvalue weighted by molar-refractivity contribution is 7.88. The predicted octanol–water partition coefficient (Wildman–Crippen LogP) is 1.17. The van der Waals surface area contributed by atoms with E-state index < -0.39 is 16.1 Å². The van der Waals surface area contributed by atoms with Crippen molar-refractivity contribution in [3.05, 3.63) is 0 Å². The standard InChI is InChI=1S/C10H19NO3S/c1-9(8-12)11(15(2,13)14)10-6-4-3-5-7-10/h8-10H,3-7H2,1-2H3/t9-/m1/s1. The minimum atomic E-state index is -3.27. The van der Waals surface area contributed by atoms with Crippen molar-refractivity contribution in [3.63, 3.8) is 0 Å². The zero-order chi connectivity index (χ0) is 11.5. The first-order valence-corrected chi connectivity index (χ1v) is 7.25. The summed E-state index contributed by atoms with van der Waals surface area (Å²) in [6.45, 7) is 1.64. The van der Waals surface area contributed by atoms with E-state index in [9.17, 15) is 13.2 Å². The molecule has 1 aliphatic carbocycles. The third kappa shape index (κ3) is 3.28. The number of hydrogen-bond donors (Lipinski definition) is 0. The molecule has 0 aromatic rings. The zero-order valence-electron chi connectivity index (χ0n) is 9.35. The van der Waals surface area contributed by atoms with Crippen LogP contribution in [0.25, 0.3) is 0 Å². The molecule has 5 heteroatoms. The van der Waals surface area contributed by atoms with Crippen LogP contribution in [-0.4, -0.2) is 37.3 Å². The number of rotatable bonds is 4. The van der Waals surface area contributed by atoms with Crippen LogP contribution in [-0.2, 0) is 14.8 Å². The SMILES string of the molecule is C[C@H](C=O)N(C1CCCCC1)S(C)(=O)=O. The van der Waals surface area contributed by atoms with E-state index in [4.69, 9.17) is 0 Å². The highest BCUT2D eigenvalue weighted by Crippen LogP contribution is 2.25. The molecule has 88 valence electrons. The molecule has 0 aliphatic heterocycles. The molecule has 0 amide bonds. The lowest BCUT2D eigenvalue weighted by atomic mass is 9.95. The van der Waals surface area contributed by atoms with Crippen molar-refractivity contribution in [2.45, 2.75) is 51.1 Å². The Labute approximate surface area is 91.7 Å². The van der Waals surface area contributed by atoms with Gasteiger partial charge in [0.15, 0.2) is 0 Å². The third-order valence-electron chi connectivity index (χ3n) is 2.92. The van der Waals surface area contributed by atoms with Gasteiger partial charge in [-0.1, -0.05) is 19.3 Å². The summed E-state index contributed by atoms with van der Waals surface area (Å²) in [7, 11) is -3.27. The second-order valence-corrected chi connectivity index (χ2v) is 6.15. The summed E-state index contributed by atoms with van der Waals surface area (Å²) >= 11 is 0. The normalized spacial score (nSPS) is 21.5. The molecule has 0 bridgehead atoms. The van der Waals surface area contributed by atoms with Gasteiger partial charge in [0, 0.05) is 6.04 Å². The molecule has 1 atom stereocenters. The van der Waals surface area contributed by atoms with E-state index in [1.807, 2.05) is 0 Å². The van der Waals surface area contributed by atoms with Crippen LogP contribution < -0.4 is 0 Å². The van der Waals surface area contributed by atoms with Crippen LogP contribution in [0.15, 0.2) is 0 Å². The van der Waals surface area contributed by atoms with E-state index in [1.165, 1.54) is 17.0 Å². The lowest BCUT2D eigenvalue weighted by Crippen LogP contribution is -2.46. The van der Waals surface area contributed by atoms with Crippen LogP contribution in [0.5, 0.6) is 0 Å². The van der Waals surface area contributed by atoms with Crippen molar-refractivity contribution in [2.24, 2.45) is 0 Å². The topological polar surface area (TPSA) is 54.5 Å². The van der Waals surface area contributed by atoms with Gasteiger partial charge in [0.25, 0.3) is 0 Å². The van der Waals surface area contributed by atoms with Gasteiger partial charge in [-0.15, -0.1) is 0 Å². The fourth-order valence-corrected chi connectivity index (χ4v) is 3.71. The molecule has 1 aliphatic rings. The summed E-state index contributed by atoms with van der Waals surface area (Å²) in [6, 6.07) is -0.517. The Balaban J connectivity index is 2.84. The number of carbonyl (C=O) groups excluding carboxylic acids is 1. The number of nitrogens with zero attached hydrogens (tertiary/aromatic N) is 1. The summed E-state index contributed by atoms with van der Waals surface area (Å²) in [4.78, 5) is 10.7. The maximum atomic E-state index is 11.6. The van der Waals surface area contributed by atoms with E-state index in [0.717, 1.165) is 25.7 Å². The average molecular weight is 233 g/mol. The number of aldehydes is 1. The molecule has 0 unspecified atom stereocenters. The van der Waals surface area contributed by atoms with Crippen LogP contribution >= 0.6 is 0 Å². The Morgan fingerprint density at radius 1 is 1.27 bits per heavy atom. The molecule has 1 saturated carbocycles. The van der Waals surface area contributed by atoms with Crippen molar-refractivity contribution >= 4 is 16.3 Å². The molecular weight excluding hydrogens is 214 g/mol. The highest BCUT2D eigenvalue weighted by atomic mass is 32.2. The van der Waals surface area contributed by atoms with E-state index in [2.05, 4.69) is 0 Å². The summed E-state index contributed by atoms with van der Waals surface area (Å²) in [5, 5.41) is 0. The Hall–Kier alpha value is -0.420. The molecule has 0 saturated heterocycles. The van der Waals surface area contributed by atoms with Crippen molar-refractivity contribution in [3.8, 4) is 0 Å². The number of sulfonamides is 1. The van der Waals surface area contributed by atoms with Gasteiger partial charge in [-0.3, -0.25) is 0 Å². The van der Waals surface area contributed by atoms with Gasteiger partial charge in [0.1, 0.15) is 6.29 Å². The maximum absolute atomic E-state index is 11.6. The summed E-state index contributed by atoms with van der Waals surface area (Å²) in [5.41, 5.74) is 0. The Bertz CT molecular complexity index is 307. The molecule has 4 nitrogen and oxygen atoms in total. The summed E-state index contributed by atoms with van der Waals surface area (Å²) < 4.78 is 24.6. The Morgan fingerprint density at radius 3 is 2.20 bits per heavy atom. The van der Waals surface area contributed by atoms with E-state index in [0.29, 0.717) is 6.29 Å². The minimum absolute atomic E-state index is 0.0222.